The number of carbonyl (C=O) groups is 1. The smallest absolute Gasteiger partial charge is 0.202 e. The first-order chi connectivity index (χ1) is 13.9. The number of rotatable bonds is 4. The third kappa shape index (κ3) is 3.88. The Morgan fingerprint density at radius 1 is 1.07 bits per heavy atom. The topological polar surface area (TPSA) is 52.0 Å². The summed E-state index contributed by atoms with van der Waals surface area (Å²) in [5.41, 5.74) is 2.44. The molecule has 2 aromatic heterocycles. The lowest BCUT2D eigenvalue weighted by atomic mass is 10.0. The van der Waals surface area contributed by atoms with Gasteiger partial charge in [-0.3, -0.25) is 9.59 Å². The Balaban J connectivity index is 1.92. The first-order valence-corrected chi connectivity index (χ1v) is 10.2. The Morgan fingerprint density at radius 3 is 2.52 bits per heavy atom. The van der Waals surface area contributed by atoms with Crippen LogP contribution in [0.2, 0.25) is 5.02 Å². The number of carbonyl (C=O) groups excluding carboxylic acids is 1. The highest BCUT2D eigenvalue weighted by Gasteiger charge is 2.18. The van der Waals surface area contributed by atoms with Crippen molar-refractivity contribution in [2.75, 3.05) is 0 Å². The molecule has 6 heteroatoms. The summed E-state index contributed by atoms with van der Waals surface area (Å²) in [7, 11) is 0. The van der Waals surface area contributed by atoms with E-state index >= 15 is 0 Å². The molecule has 0 saturated heterocycles. The predicted molar refractivity (Wildman–Crippen MR) is 119 cm³/mol. The first kappa shape index (κ1) is 19.6. The molecule has 0 bridgehead atoms. The van der Waals surface area contributed by atoms with Crippen molar-refractivity contribution in [3.8, 4) is 0 Å². The first-order valence-electron chi connectivity index (χ1n) is 8.98. The molecule has 2 aromatic carbocycles. The largest absolute Gasteiger partial charge is 0.327 e. The summed E-state index contributed by atoms with van der Waals surface area (Å²) in [4.78, 5) is 30.7. The number of aromatic nitrogens is 2. The lowest BCUT2D eigenvalue weighted by molar-refractivity contribution is 0.103. The highest BCUT2D eigenvalue weighted by molar-refractivity contribution is 9.10. The van der Waals surface area contributed by atoms with Crippen LogP contribution in [0, 0.1) is 6.92 Å². The van der Waals surface area contributed by atoms with Crippen molar-refractivity contribution in [3.63, 3.8) is 0 Å². The lowest BCUT2D eigenvalue weighted by Gasteiger charge is -2.14. The average molecular weight is 468 g/mol. The second kappa shape index (κ2) is 7.93. The summed E-state index contributed by atoms with van der Waals surface area (Å²) >= 11 is 9.70. The molecule has 4 aromatic rings. The lowest BCUT2D eigenvalue weighted by Crippen LogP contribution is -2.21. The molecule has 0 N–H and O–H groups in total. The molecule has 0 saturated carbocycles. The normalized spacial score (nSPS) is 11.0. The predicted octanol–water partition coefficient (Wildman–Crippen LogP) is 5.40. The van der Waals surface area contributed by atoms with Gasteiger partial charge in [0.05, 0.1) is 17.5 Å². The Bertz CT molecular complexity index is 1300. The number of aryl methyl sites for hydroxylation is 1. The Morgan fingerprint density at radius 2 is 1.79 bits per heavy atom. The van der Waals surface area contributed by atoms with Crippen molar-refractivity contribution < 1.29 is 4.79 Å². The van der Waals surface area contributed by atoms with Gasteiger partial charge in [0.1, 0.15) is 5.65 Å². The molecule has 4 rings (SSSR count). The van der Waals surface area contributed by atoms with E-state index in [1.165, 1.54) is 0 Å². The van der Waals surface area contributed by atoms with Gasteiger partial charge in [-0.15, -0.1) is 0 Å². The number of hydrogen-bond donors (Lipinski definition) is 0. The molecule has 0 aliphatic carbocycles. The fourth-order valence-electron chi connectivity index (χ4n) is 3.21. The van der Waals surface area contributed by atoms with Crippen LogP contribution in [0.3, 0.4) is 0 Å². The van der Waals surface area contributed by atoms with Gasteiger partial charge in [0.25, 0.3) is 0 Å². The number of hydrogen-bond acceptors (Lipinski definition) is 3. The fourth-order valence-corrected chi connectivity index (χ4v) is 3.67. The Hall–Kier alpha value is -2.76. The summed E-state index contributed by atoms with van der Waals surface area (Å²) in [6, 6.07) is 17.9. The number of fused-ring (bicyclic) bond motifs is 1. The van der Waals surface area contributed by atoms with Gasteiger partial charge in [-0.2, -0.15) is 0 Å². The second-order valence-electron chi connectivity index (χ2n) is 6.75. The van der Waals surface area contributed by atoms with Gasteiger partial charge >= 0.3 is 0 Å². The molecule has 2 heterocycles. The minimum atomic E-state index is -0.323. The summed E-state index contributed by atoms with van der Waals surface area (Å²) in [6.45, 7) is 2.26. The maximum atomic E-state index is 13.1. The van der Waals surface area contributed by atoms with E-state index in [-0.39, 0.29) is 16.8 Å². The SMILES string of the molecule is Cc1ccc2c(=O)c(C(=O)c3ccc(Br)cc3)cn(Cc3ccccc3Cl)c2n1. The maximum Gasteiger partial charge on any atom is 0.202 e. The molecular formula is C23H16BrClN2O2. The minimum Gasteiger partial charge on any atom is -0.327 e. The average Bonchev–Trinajstić information content (AvgIpc) is 2.71. The van der Waals surface area contributed by atoms with E-state index in [1.807, 2.05) is 35.8 Å². The quantitative estimate of drug-likeness (QED) is 0.378. The van der Waals surface area contributed by atoms with Gasteiger partial charge in [0.2, 0.25) is 5.43 Å². The molecule has 0 unspecified atom stereocenters. The van der Waals surface area contributed by atoms with Crippen molar-refractivity contribution >= 4 is 44.3 Å². The molecule has 0 spiro atoms. The Labute approximate surface area is 180 Å². The Kier molecular flexibility index (Phi) is 5.35. The zero-order chi connectivity index (χ0) is 20.5. The molecule has 0 fully saturated rings. The number of pyridine rings is 2. The van der Waals surface area contributed by atoms with Crippen LogP contribution in [-0.4, -0.2) is 15.3 Å². The summed E-state index contributed by atoms with van der Waals surface area (Å²) in [5.74, 6) is -0.321. The fraction of sp³-hybridized carbons (Fsp3) is 0.0870. The van der Waals surface area contributed by atoms with E-state index in [1.54, 1.807) is 42.6 Å². The third-order valence-corrected chi connectivity index (χ3v) is 5.61. The van der Waals surface area contributed by atoms with Crippen molar-refractivity contribution in [1.29, 1.82) is 0 Å². The zero-order valence-corrected chi connectivity index (χ0v) is 17.9. The minimum absolute atomic E-state index is 0.109. The van der Waals surface area contributed by atoms with Gasteiger partial charge < -0.3 is 4.57 Å². The van der Waals surface area contributed by atoms with Crippen molar-refractivity contribution in [2.24, 2.45) is 0 Å². The van der Waals surface area contributed by atoms with Crippen molar-refractivity contribution in [1.82, 2.24) is 9.55 Å². The standard InChI is InChI=1S/C23H16BrClN2O2/c1-14-6-11-18-22(29)19(21(28)15-7-9-17(24)10-8-15)13-27(23(18)26-14)12-16-4-2-3-5-20(16)25/h2-11,13H,12H2,1H3. The van der Waals surface area contributed by atoms with Gasteiger partial charge in [0, 0.05) is 26.9 Å². The van der Waals surface area contributed by atoms with Gasteiger partial charge in [-0.05, 0) is 55.0 Å². The van der Waals surface area contributed by atoms with Crippen molar-refractivity contribution in [2.45, 2.75) is 13.5 Å². The van der Waals surface area contributed by atoms with Crippen LogP contribution in [0.4, 0.5) is 0 Å². The van der Waals surface area contributed by atoms with Gasteiger partial charge in [0.15, 0.2) is 5.78 Å². The van der Waals surface area contributed by atoms with Crippen LogP contribution in [0.15, 0.2) is 76.1 Å². The van der Waals surface area contributed by atoms with Crippen molar-refractivity contribution in [3.05, 3.63) is 109 Å². The van der Waals surface area contributed by atoms with Crippen LogP contribution >= 0.6 is 27.5 Å². The van der Waals surface area contributed by atoms with E-state index in [9.17, 15) is 9.59 Å². The van der Waals surface area contributed by atoms with E-state index in [0.717, 1.165) is 15.7 Å². The number of halogens is 2. The van der Waals surface area contributed by atoms with Crippen LogP contribution in [0.25, 0.3) is 11.0 Å². The molecule has 29 heavy (non-hydrogen) atoms. The maximum absolute atomic E-state index is 13.1. The van der Waals surface area contributed by atoms with E-state index in [2.05, 4.69) is 20.9 Å². The molecule has 0 atom stereocenters. The van der Waals surface area contributed by atoms with E-state index in [0.29, 0.717) is 28.2 Å². The highest BCUT2D eigenvalue weighted by atomic mass is 79.9. The highest BCUT2D eigenvalue weighted by Crippen LogP contribution is 2.20. The zero-order valence-electron chi connectivity index (χ0n) is 15.5. The third-order valence-electron chi connectivity index (χ3n) is 4.71. The second-order valence-corrected chi connectivity index (χ2v) is 8.07. The number of benzene rings is 2. The van der Waals surface area contributed by atoms with Crippen LogP contribution in [-0.2, 0) is 6.54 Å². The van der Waals surface area contributed by atoms with E-state index < -0.39 is 0 Å². The molecule has 144 valence electrons. The summed E-state index contributed by atoms with van der Waals surface area (Å²) < 4.78 is 2.68. The van der Waals surface area contributed by atoms with Crippen LogP contribution < -0.4 is 5.43 Å². The van der Waals surface area contributed by atoms with Crippen LogP contribution in [0.5, 0.6) is 0 Å². The number of ketones is 1. The van der Waals surface area contributed by atoms with Crippen LogP contribution in [0.1, 0.15) is 27.2 Å². The van der Waals surface area contributed by atoms with Gasteiger partial charge in [-0.1, -0.05) is 45.7 Å². The molecule has 4 nitrogen and oxygen atoms in total. The summed E-state index contributed by atoms with van der Waals surface area (Å²) in [6.07, 6.45) is 1.59. The summed E-state index contributed by atoms with van der Waals surface area (Å²) in [5, 5.41) is 1.03. The van der Waals surface area contributed by atoms with Gasteiger partial charge in [-0.25, -0.2) is 4.98 Å². The van der Waals surface area contributed by atoms with E-state index in [4.69, 9.17) is 11.6 Å². The molecule has 0 amide bonds. The number of nitrogens with zero attached hydrogens (tertiary/aromatic N) is 2. The molecule has 0 aliphatic rings. The molecule has 0 radical (unpaired) electrons. The molecule has 0 aliphatic heterocycles. The monoisotopic (exact) mass is 466 g/mol. The molecular weight excluding hydrogens is 452 g/mol.